The Morgan fingerprint density at radius 1 is 1.48 bits per heavy atom. The first-order chi connectivity index (χ1) is 10.0. The van der Waals surface area contributed by atoms with Gasteiger partial charge in [-0.3, -0.25) is 9.20 Å². The fourth-order valence-electron chi connectivity index (χ4n) is 1.69. The van der Waals surface area contributed by atoms with Gasteiger partial charge in [-0.15, -0.1) is 5.10 Å². The molecule has 2 aromatic heterocycles. The van der Waals surface area contributed by atoms with E-state index in [2.05, 4.69) is 15.2 Å². The molecule has 21 heavy (non-hydrogen) atoms. The Hall–Kier alpha value is -2.68. The van der Waals surface area contributed by atoms with Gasteiger partial charge < -0.3 is 15.2 Å². The molecule has 112 valence electrons. The maximum Gasteiger partial charge on any atom is 0.350 e. The number of nitrogens with one attached hydrogen (secondary N) is 1. The van der Waals surface area contributed by atoms with Gasteiger partial charge in [-0.2, -0.15) is 0 Å². The summed E-state index contributed by atoms with van der Waals surface area (Å²) in [5.41, 5.74) is -0.0286. The Morgan fingerprint density at radius 2 is 2.24 bits per heavy atom. The summed E-state index contributed by atoms with van der Waals surface area (Å²) in [5, 5.41) is 15.6. The number of pyridine rings is 1. The van der Waals surface area contributed by atoms with Crippen molar-refractivity contribution in [2.45, 2.75) is 12.6 Å². The van der Waals surface area contributed by atoms with Gasteiger partial charge in [0.1, 0.15) is 6.54 Å². The first kappa shape index (κ1) is 14.7. The third kappa shape index (κ3) is 3.26. The lowest BCUT2D eigenvalue weighted by molar-refractivity contribution is -0.150. The van der Waals surface area contributed by atoms with Crippen LogP contribution in [0.5, 0.6) is 0 Å². The number of fused-ring (bicyclic) bond motifs is 1. The Balaban J connectivity index is 2.00. The molecule has 0 spiro atoms. The number of methoxy groups -OCH3 is 1. The first-order valence-corrected chi connectivity index (χ1v) is 6.09. The molecule has 0 aliphatic heterocycles. The molecule has 0 aromatic carbocycles. The second-order valence-electron chi connectivity index (χ2n) is 4.21. The van der Waals surface area contributed by atoms with E-state index in [0.717, 1.165) is 11.8 Å². The maximum absolute atomic E-state index is 11.9. The first-order valence-electron chi connectivity index (χ1n) is 6.09. The van der Waals surface area contributed by atoms with Gasteiger partial charge in [0.2, 0.25) is 5.91 Å². The molecular weight excluding hydrogens is 280 g/mol. The molecule has 2 rings (SSSR count). The summed E-state index contributed by atoms with van der Waals surface area (Å²) in [6.07, 6.45) is 0.0943. The van der Waals surface area contributed by atoms with Crippen molar-refractivity contribution in [3.63, 3.8) is 0 Å². The fraction of sp³-hybridized carbons (Fsp3) is 0.333. The van der Waals surface area contributed by atoms with E-state index in [9.17, 15) is 19.5 Å². The van der Waals surface area contributed by atoms with Gasteiger partial charge in [-0.1, -0.05) is 6.07 Å². The van der Waals surface area contributed by atoms with Gasteiger partial charge in [-0.05, 0) is 12.1 Å². The molecule has 0 aliphatic carbocycles. The number of amides is 1. The molecule has 2 heterocycles. The minimum absolute atomic E-state index is 0.298. The van der Waals surface area contributed by atoms with E-state index >= 15 is 0 Å². The van der Waals surface area contributed by atoms with Gasteiger partial charge in [0, 0.05) is 6.20 Å². The average Bonchev–Trinajstić information content (AvgIpc) is 2.80. The van der Waals surface area contributed by atoms with E-state index < -0.39 is 23.7 Å². The summed E-state index contributed by atoms with van der Waals surface area (Å²) in [5.74, 6) is -1.40. The lowest BCUT2D eigenvalue weighted by atomic mass is 10.3. The van der Waals surface area contributed by atoms with Crippen LogP contribution in [0.25, 0.3) is 5.65 Å². The number of rotatable bonds is 5. The summed E-state index contributed by atoms with van der Waals surface area (Å²) in [7, 11) is 1.13. The quantitative estimate of drug-likeness (QED) is 0.625. The number of ether oxygens (including phenoxy) is 1. The van der Waals surface area contributed by atoms with Gasteiger partial charge in [0.15, 0.2) is 11.8 Å². The number of carbonyl (C=O) groups excluding carboxylic acids is 2. The molecule has 1 amide bonds. The Kier molecular flexibility index (Phi) is 4.33. The van der Waals surface area contributed by atoms with Crippen LogP contribution in [0.3, 0.4) is 0 Å². The second-order valence-corrected chi connectivity index (χ2v) is 4.21. The highest BCUT2D eigenvalue weighted by atomic mass is 16.5. The molecule has 2 N–H and O–H groups in total. The molecule has 1 unspecified atom stereocenters. The number of aliphatic hydroxyl groups excluding tert-OH is 1. The molecule has 1 atom stereocenters. The summed E-state index contributed by atoms with van der Waals surface area (Å²) in [6.45, 7) is -0.609. The van der Waals surface area contributed by atoms with Crippen LogP contribution in [0.4, 0.5) is 0 Å². The van der Waals surface area contributed by atoms with Gasteiger partial charge >= 0.3 is 11.7 Å². The van der Waals surface area contributed by atoms with E-state index in [0.29, 0.717) is 5.65 Å². The molecule has 0 saturated carbocycles. The molecule has 0 fully saturated rings. The van der Waals surface area contributed by atoms with Crippen LogP contribution in [-0.2, 0) is 20.9 Å². The number of esters is 1. The Morgan fingerprint density at radius 3 is 2.90 bits per heavy atom. The van der Waals surface area contributed by atoms with Crippen LogP contribution in [0, 0.1) is 0 Å². The highest BCUT2D eigenvalue weighted by Gasteiger charge is 2.17. The minimum Gasteiger partial charge on any atom is -0.467 e. The van der Waals surface area contributed by atoms with Crippen LogP contribution in [0.2, 0.25) is 0 Å². The van der Waals surface area contributed by atoms with E-state index in [1.165, 1.54) is 4.40 Å². The second kappa shape index (κ2) is 6.18. The number of nitrogens with zero attached hydrogens (tertiary/aromatic N) is 3. The smallest absolute Gasteiger partial charge is 0.350 e. The zero-order valence-electron chi connectivity index (χ0n) is 11.2. The highest BCUT2D eigenvalue weighted by molar-refractivity contribution is 5.78. The number of aliphatic hydroxyl groups is 1. The van der Waals surface area contributed by atoms with Crippen molar-refractivity contribution >= 4 is 17.5 Å². The van der Waals surface area contributed by atoms with E-state index in [-0.39, 0.29) is 13.1 Å². The normalized spacial score (nSPS) is 12.1. The summed E-state index contributed by atoms with van der Waals surface area (Å²) in [6, 6.07) is 5.03. The van der Waals surface area contributed by atoms with Crippen molar-refractivity contribution in [1.29, 1.82) is 0 Å². The fourth-order valence-corrected chi connectivity index (χ4v) is 1.69. The third-order valence-corrected chi connectivity index (χ3v) is 2.75. The summed E-state index contributed by atoms with van der Waals surface area (Å²) < 4.78 is 6.61. The van der Waals surface area contributed by atoms with E-state index in [4.69, 9.17) is 0 Å². The SMILES string of the molecule is COC(=O)C(O)CNC(=O)Cn1nc2ccccn2c1=O. The van der Waals surface area contributed by atoms with Crippen molar-refractivity contribution in [2.75, 3.05) is 13.7 Å². The molecule has 9 nitrogen and oxygen atoms in total. The van der Waals surface area contributed by atoms with Crippen molar-refractivity contribution in [1.82, 2.24) is 19.5 Å². The topological polar surface area (TPSA) is 115 Å². The average molecular weight is 294 g/mol. The van der Waals surface area contributed by atoms with Gasteiger partial charge in [0.25, 0.3) is 0 Å². The largest absolute Gasteiger partial charge is 0.467 e. The van der Waals surface area contributed by atoms with Gasteiger partial charge in [-0.25, -0.2) is 14.3 Å². The Labute approximate surface area is 118 Å². The number of aromatic nitrogens is 3. The zero-order valence-corrected chi connectivity index (χ0v) is 11.2. The lowest BCUT2D eigenvalue weighted by Crippen LogP contribution is -2.40. The molecule has 2 aromatic rings. The highest BCUT2D eigenvalue weighted by Crippen LogP contribution is 1.94. The number of hydrogen-bond donors (Lipinski definition) is 2. The molecule has 0 saturated heterocycles. The van der Waals surface area contributed by atoms with Crippen molar-refractivity contribution < 1.29 is 19.4 Å². The Bertz CT molecular complexity index is 720. The molecule has 0 aliphatic rings. The molecule has 9 heteroatoms. The third-order valence-electron chi connectivity index (χ3n) is 2.75. The van der Waals surface area contributed by atoms with Crippen molar-refractivity contribution in [3.05, 3.63) is 34.9 Å². The lowest BCUT2D eigenvalue weighted by Gasteiger charge is -2.09. The van der Waals surface area contributed by atoms with Crippen LogP contribution in [0.15, 0.2) is 29.2 Å². The van der Waals surface area contributed by atoms with Crippen LogP contribution in [0.1, 0.15) is 0 Å². The maximum atomic E-state index is 11.9. The zero-order chi connectivity index (χ0) is 15.4. The van der Waals surface area contributed by atoms with Crippen molar-refractivity contribution in [3.8, 4) is 0 Å². The molecule has 0 radical (unpaired) electrons. The van der Waals surface area contributed by atoms with Crippen LogP contribution >= 0.6 is 0 Å². The van der Waals surface area contributed by atoms with Crippen LogP contribution < -0.4 is 11.0 Å². The number of carbonyl (C=O) groups is 2. The summed E-state index contributed by atoms with van der Waals surface area (Å²) in [4.78, 5) is 34.5. The standard InChI is InChI=1S/C12H14N4O5/c1-21-11(19)8(17)6-13-10(18)7-16-12(20)15-5-3-2-4-9(15)14-16/h2-5,8,17H,6-7H2,1H3,(H,13,18). The minimum atomic E-state index is -1.45. The number of hydrogen-bond acceptors (Lipinski definition) is 6. The van der Waals surface area contributed by atoms with Crippen LogP contribution in [-0.4, -0.2) is 50.9 Å². The molecular formula is C12H14N4O5. The molecule has 0 bridgehead atoms. The van der Waals surface area contributed by atoms with Crippen molar-refractivity contribution in [2.24, 2.45) is 0 Å². The van der Waals surface area contributed by atoms with E-state index in [1.54, 1.807) is 24.4 Å². The summed E-state index contributed by atoms with van der Waals surface area (Å²) >= 11 is 0. The predicted octanol–water partition coefficient (Wildman–Crippen LogP) is -1.85. The predicted molar refractivity (Wildman–Crippen MR) is 70.5 cm³/mol. The monoisotopic (exact) mass is 294 g/mol. The van der Waals surface area contributed by atoms with Gasteiger partial charge in [0.05, 0.1) is 13.7 Å². The van der Waals surface area contributed by atoms with E-state index in [1.807, 2.05) is 0 Å².